The summed E-state index contributed by atoms with van der Waals surface area (Å²) in [5, 5.41) is 6.63. The van der Waals surface area contributed by atoms with Crippen molar-refractivity contribution >= 4 is 5.82 Å². The predicted molar refractivity (Wildman–Crippen MR) is 68.5 cm³/mol. The molecule has 0 aliphatic heterocycles. The highest BCUT2D eigenvalue weighted by atomic mass is 19.1. The topological polar surface area (TPSA) is 63.9 Å². The largest absolute Gasteiger partial charge is 0.382 e. The first-order valence-corrected chi connectivity index (χ1v) is 5.99. The number of nitrogens with two attached hydrogens (primary N) is 1. The van der Waals surface area contributed by atoms with Crippen molar-refractivity contribution in [3.05, 3.63) is 35.5 Å². The molecule has 0 fully saturated rings. The number of ether oxygens (including phenoxy) is 1. The average molecular weight is 267 g/mol. The number of benzene rings is 1. The van der Waals surface area contributed by atoms with Gasteiger partial charge in [-0.2, -0.15) is 5.10 Å². The van der Waals surface area contributed by atoms with Crippen LogP contribution in [0.3, 0.4) is 0 Å². The van der Waals surface area contributed by atoms with Gasteiger partial charge in [0.2, 0.25) is 0 Å². The Hall–Kier alpha value is -1.95. The molecule has 0 radical (unpaired) electrons. The minimum Gasteiger partial charge on any atom is -0.382 e. The molecule has 0 atom stereocenters. The Labute approximate surface area is 109 Å². The molecule has 2 aromatic rings. The Morgan fingerprint density at radius 2 is 2.16 bits per heavy atom. The fraction of sp³-hybridized carbons (Fsp3) is 0.308. The zero-order chi connectivity index (χ0) is 13.8. The van der Waals surface area contributed by atoms with E-state index in [9.17, 15) is 8.78 Å². The molecule has 2 rings (SSSR count). The van der Waals surface area contributed by atoms with Crippen LogP contribution in [0.15, 0.2) is 18.2 Å². The molecule has 0 bridgehead atoms. The number of aromatic nitrogens is 2. The summed E-state index contributed by atoms with van der Waals surface area (Å²) in [7, 11) is 0. The molecular weight excluding hydrogens is 252 g/mol. The smallest absolute Gasteiger partial charge is 0.153 e. The minimum absolute atomic E-state index is 0.192. The fourth-order valence-electron chi connectivity index (χ4n) is 1.89. The number of hydrogen-bond acceptors (Lipinski definition) is 3. The van der Waals surface area contributed by atoms with Crippen molar-refractivity contribution in [2.24, 2.45) is 0 Å². The number of nitrogens with one attached hydrogen (secondary N) is 1. The van der Waals surface area contributed by atoms with Crippen LogP contribution in [0.5, 0.6) is 0 Å². The first-order chi connectivity index (χ1) is 9.13. The van der Waals surface area contributed by atoms with Crippen molar-refractivity contribution in [1.29, 1.82) is 0 Å². The van der Waals surface area contributed by atoms with E-state index in [-0.39, 0.29) is 11.4 Å². The molecule has 3 N–H and O–H groups in total. The van der Waals surface area contributed by atoms with Crippen LogP contribution in [-0.4, -0.2) is 23.4 Å². The lowest BCUT2D eigenvalue weighted by Crippen LogP contribution is -2.00. The van der Waals surface area contributed by atoms with Crippen LogP contribution < -0.4 is 5.73 Å². The fourth-order valence-corrected chi connectivity index (χ4v) is 1.89. The second-order valence-electron chi connectivity index (χ2n) is 4.03. The maximum absolute atomic E-state index is 13.8. The van der Waals surface area contributed by atoms with Crippen molar-refractivity contribution in [3.63, 3.8) is 0 Å². The highest BCUT2D eigenvalue weighted by Crippen LogP contribution is 2.30. The molecule has 0 saturated heterocycles. The van der Waals surface area contributed by atoms with Gasteiger partial charge in [0.15, 0.2) is 5.82 Å². The van der Waals surface area contributed by atoms with Gasteiger partial charge in [0.05, 0.1) is 6.61 Å². The maximum Gasteiger partial charge on any atom is 0.153 e. The minimum atomic E-state index is -0.661. The number of halogens is 2. The van der Waals surface area contributed by atoms with E-state index >= 15 is 0 Å². The normalized spacial score (nSPS) is 10.9. The number of aromatic amines is 1. The van der Waals surface area contributed by atoms with Gasteiger partial charge in [-0.15, -0.1) is 0 Å². The quantitative estimate of drug-likeness (QED) is 0.818. The summed E-state index contributed by atoms with van der Waals surface area (Å²) >= 11 is 0. The first kappa shape index (κ1) is 13.5. The average Bonchev–Trinajstić information content (AvgIpc) is 2.72. The van der Waals surface area contributed by atoms with E-state index in [2.05, 4.69) is 10.2 Å². The Morgan fingerprint density at radius 3 is 2.84 bits per heavy atom. The number of nitrogen functional groups attached to an aromatic ring is 1. The number of rotatable bonds is 5. The van der Waals surface area contributed by atoms with Crippen LogP contribution >= 0.6 is 0 Å². The Morgan fingerprint density at radius 1 is 1.37 bits per heavy atom. The number of hydrogen-bond donors (Lipinski definition) is 2. The van der Waals surface area contributed by atoms with Crippen molar-refractivity contribution < 1.29 is 13.5 Å². The van der Waals surface area contributed by atoms with Gasteiger partial charge in [0.25, 0.3) is 0 Å². The highest BCUT2D eigenvalue weighted by molar-refractivity contribution is 5.76. The van der Waals surface area contributed by atoms with E-state index < -0.39 is 11.6 Å². The van der Waals surface area contributed by atoms with Crippen molar-refractivity contribution in [2.45, 2.75) is 13.3 Å². The summed E-state index contributed by atoms with van der Waals surface area (Å²) in [6.07, 6.45) is 0.532. The van der Waals surface area contributed by atoms with Gasteiger partial charge < -0.3 is 10.5 Å². The van der Waals surface area contributed by atoms with Gasteiger partial charge in [0, 0.05) is 35.9 Å². The molecule has 0 saturated carbocycles. The van der Waals surface area contributed by atoms with Gasteiger partial charge in [-0.1, -0.05) is 0 Å². The zero-order valence-corrected chi connectivity index (χ0v) is 10.5. The van der Waals surface area contributed by atoms with E-state index in [0.717, 1.165) is 6.07 Å². The van der Waals surface area contributed by atoms with Crippen LogP contribution in [0.2, 0.25) is 0 Å². The van der Waals surface area contributed by atoms with Crippen molar-refractivity contribution in [1.82, 2.24) is 10.2 Å². The molecular formula is C13H15F2N3O. The summed E-state index contributed by atoms with van der Waals surface area (Å²) in [5.74, 6) is -1.10. The van der Waals surface area contributed by atoms with Crippen molar-refractivity contribution in [3.8, 4) is 11.1 Å². The first-order valence-electron chi connectivity index (χ1n) is 5.99. The van der Waals surface area contributed by atoms with E-state index in [1.54, 1.807) is 0 Å². The lowest BCUT2D eigenvalue weighted by Gasteiger charge is -2.06. The second kappa shape index (κ2) is 5.79. The van der Waals surface area contributed by atoms with Gasteiger partial charge >= 0.3 is 0 Å². The third kappa shape index (κ3) is 2.90. The highest BCUT2D eigenvalue weighted by Gasteiger charge is 2.16. The lowest BCUT2D eigenvalue weighted by atomic mass is 10.0. The third-order valence-corrected chi connectivity index (χ3v) is 2.77. The van der Waals surface area contributed by atoms with Crippen molar-refractivity contribution in [2.75, 3.05) is 18.9 Å². The molecule has 1 aromatic heterocycles. The Bertz CT molecular complexity index is 569. The number of anilines is 1. The van der Waals surface area contributed by atoms with Crippen LogP contribution in [0, 0.1) is 11.6 Å². The molecule has 0 aliphatic carbocycles. The molecule has 0 unspecified atom stereocenters. The summed E-state index contributed by atoms with van der Waals surface area (Å²) in [5.41, 5.74) is 7.12. The molecule has 0 amide bonds. The van der Waals surface area contributed by atoms with E-state index in [1.807, 2.05) is 6.92 Å². The molecule has 1 heterocycles. The van der Waals surface area contributed by atoms with E-state index in [4.69, 9.17) is 10.5 Å². The van der Waals surface area contributed by atoms with E-state index in [0.29, 0.717) is 30.9 Å². The number of H-pyrrole nitrogens is 1. The molecule has 0 aliphatic rings. The maximum atomic E-state index is 13.8. The molecule has 1 aromatic carbocycles. The molecule has 6 heteroatoms. The van der Waals surface area contributed by atoms with Crippen LogP contribution in [0.1, 0.15) is 12.6 Å². The Balaban J connectivity index is 2.35. The van der Waals surface area contributed by atoms with Gasteiger partial charge in [-0.05, 0) is 19.1 Å². The van der Waals surface area contributed by atoms with Gasteiger partial charge in [-0.3, -0.25) is 5.10 Å². The lowest BCUT2D eigenvalue weighted by molar-refractivity contribution is 0.150. The molecule has 19 heavy (non-hydrogen) atoms. The molecule has 4 nitrogen and oxygen atoms in total. The summed E-state index contributed by atoms with van der Waals surface area (Å²) in [4.78, 5) is 0. The number of nitrogens with zero attached hydrogens (tertiary/aromatic N) is 1. The molecule has 0 spiro atoms. The SMILES string of the molecule is CCOCCc1[nH]nc(N)c1-c1ccc(F)cc1F. The Kier molecular flexibility index (Phi) is 4.11. The molecule has 102 valence electrons. The van der Waals surface area contributed by atoms with E-state index in [1.165, 1.54) is 12.1 Å². The standard InChI is InChI=1S/C13H15F2N3O/c1-2-19-6-5-11-12(13(16)18-17-11)9-4-3-8(14)7-10(9)15/h3-4,7H,2,5-6H2,1H3,(H3,16,17,18). The van der Waals surface area contributed by atoms with Crippen LogP contribution in [0.4, 0.5) is 14.6 Å². The summed E-state index contributed by atoms with van der Waals surface area (Å²) < 4.78 is 32.0. The summed E-state index contributed by atoms with van der Waals surface area (Å²) in [6, 6.07) is 3.38. The van der Waals surface area contributed by atoms with Crippen LogP contribution in [-0.2, 0) is 11.2 Å². The third-order valence-electron chi connectivity index (χ3n) is 2.77. The summed E-state index contributed by atoms with van der Waals surface area (Å²) in [6.45, 7) is 2.97. The second-order valence-corrected chi connectivity index (χ2v) is 4.03. The van der Waals surface area contributed by atoms with Gasteiger partial charge in [-0.25, -0.2) is 8.78 Å². The van der Waals surface area contributed by atoms with Gasteiger partial charge in [0.1, 0.15) is 11.6 Å². The zero-order valence-electron chi connectivity index (χ0n) is 10.5. The predicted octanol–water partition coefficient (Wildman–Crippen LogP) is 2.52. The van der Waals surface area contributed by atoms with Crippen LogP contribution in [0.25, 0.3) is 11.1 Å². The monoisotopic (exact) mass is 267 g/mol.